The third-order valence-electron chi connectivity index (χ3n) is 5.27. The van der Waals surface area contributed by atoms with Gasteiger partial charge in [0.25, 0.3) is 5.56 Å². The summed E-state index contributed by atoms with van der Waals surface area (Å²) in [5.41, 5.74) is 2.04. The van der Waals surface area contributed by atoms with E-state index in [-0.39, 0.29) is 11.5 Å². The molecular formula is C22H22N4O2S2. The molecule has 0 atom stereocenters. The summed E-state index contributed by atoms with van der Waals surface area (Å²) in [6.07, 6.45) is 4.33. The zero-order chi connectivity index (χ0) is 20.7. The van der Waals surface area contributed by atoms with Gasteiger partial charge in [-0.05, 0) is 43.4 Å². The molecule has 0 aliphatic heterocycles. The molecule has 3 heterocycles. The molecule has 6 nitrogen and oxygen atoms in total. The standard InChI is InChI=1S/C22H22N4O2S2/c1-13(2)19-25-24-17(28-19)12-29-22-23-20-18(15-10-6-7-11-16(15)30-20)21(27)26(22)14-8-4-3-5-9-14/h3-5,8-9,13H,6-7,10-12H2,1-2H3. The van der Waals surface area contributed by atoms with Crippen LogP contribution in [0.15, 0.2) is 44.7 Å². The van der Waals surface area contributed by atoms with Gasteiger partial charge in [0.05, 0.1) is 16.8 Å². The molecule has 0 radical (unpaired) electrons. The Morgan fingerprint density at radius 3 is 2.73 bits per heavy atom. The fraction of sp³-hybridized carbons (Fsp3) is 0.364. The number of thioether (sulfide) groups is 1. The zero-order valence-corrected chi connectivity index (χ0v) is 18.6. The van der Waals surface area contributed by atoms with Crippen LogP contribution in [0.4, 0.5) is 0 Å². The summed E-state index contributed by atoms with van der Waals surface area (Å²) in [6, 6.07) is 9.72. The van der Waals surface area contributed by atoms with E-state index < -0.39 is 0 Å². The van der Waals surface area contributed by atoms with Gasteiger partial charge in [-0.15, -0.1) is 21.5 Å². The molecule has 1 aromatic carbocycles. The Morgan fingerprint density at radius 2 is 1.97 bits per heavy atom. The lowest BCUT2D eigenvalue weighted by atomic mass is 9.97. The van der Waals surface area contributed by atoms with Crippen LogP contribution >= 0.6 is 23.1 Å². The fourth-order valence-electron chi connectivity index (χ4n) is 3.77. The topological polar surface area (TPSA) is 73.8 Å². The Balaban J connectivity index is 1.61. The first-order valence-electron chi connectivity index (χ1n) is 10.2. The van der Waals surface area contributed by atoms with Crippen molar-refractivity contribution in [1.82, 2.24) is 19.7 Å². The van der Waals surface area contributed by atoms with Crippen LogP contribution in [0.25, 0.3) is 15.9 Å². The molecule has 0 bridgehead atoms. The molecule has 3 aromatic heterocycles. The van der Waals surface area contributed by atoms with Gasteiger partial charge in [-0.2, -0.15) is 0 Å². The minimum Gasteiger partial charge on any atom is -0.424 e. The average Bonchev–Trinajstić information content (AvgIpc) is 3.37. The number of aromatic nitrogens is 4. The van der Waals surface area contributed by atoms with Crippen LogP contribution in [0.2, 0.25) is 0 Å². The van der Waals surface area contributed by atoms with E-state index in [1.165, 1.54) is 28.6 Å². The zero-order valence-electron chi connectivity index (χ0n) is 16.9. The molecule has 1 aliphatic carbocycles. The Hall–Kier alpha value is -2.45. The predicted molar refractivity (Wildman–Crippen MR) is 120 cm³/mol. The molecule has 0 amide bonds. The van der Waals surface area contributed by atoms with Crippen molar-refractivity contribution in [3.8, 4) is 5.69 Å². The summed E-state index contributed by atoms with van der Waals surface area (Å²) < 4.78 is 7.47. The first-order chi connectivity index (χ1) is 14.6. The first kappa shape index (κ1) is 19.5. The predicted octanol–water partition coefficient (Wildman–Crippen LogP) is 5.12. The highest BCUT2D eigenvalue weighted by atomic mass is 32.2. The molecule has 0 saturated heterocycles. The molecule has 5 rings (SSSR count). The number of hydrogen-bond acceptors (Lipinski definition) is 7. The van der Waals surface area contributed by atoms with Gasteiger partial charge < -0.3 is 4.42 Å². The van der Waals surface area contributed by atoms with Crippen molar-refractivity contribution in [1.29, 1.82) is 0 Å². The number of rotatable bonds is 5. The lowest BCUT2D eigenvalue weighted by Crippen LogP contribution is -2.22. The summed E-state index contributed by atoms with van der Waals surface area (Å²) in [5.74, 6) is 1.82. The number of nitrogens with zero attached hydrogens (tertiary/aromatic N) is 4. The Labute approximate surface area is 182 Å². The second-order valence-corrected chi connectivity index (χ2v) is 9.77. The number of aryl methyl sites for hydroxylation is 2. The van der Waals surface area contributed by atoms with Crippen LogP contribution in [0.1, 0.15) is 54.8 Å². The van der Waals surface area contributed by atoms with E-state index >= 15 is 0 Å². The van der Waals surface area contributed by atoms with E-state index in [0.717, 1.165) is 35.2 Å². The second kappa shape index (κ2) is 8.00. The van der Waals surface area contributed by atoms with Crippen molar-refractivity contribution in [2.75, 3.05) is 0 Å². The maximum absolute atomic E-state index is 13.7. The van der Waals surface area contributed by atoms with Crippen LogP contribution in [-0.4, -0.2) is 19.7 Å². The molecular weight excluding hydrogens is 416 g/mol. The number of benzene rings is 1. The molecule has 0 N–H and O–H groups in total. The lowest BCUT2D eigenvalue weighted by molar-refractivity contribution is 0.445. The minimum atomic E-state index is 0.0153. The van der Waals surface area contributed by atoms with E-state index in [0.29, 0.717) is 22.7 Å². The van der Waals surface area contributed by atoms with Crippen molar-refractivity contribution in [3.63, 3.8) is 0 Å². The SMILES string of the molecule is CC(C)c1nnc(CSc2nc3sc4c(c3c(=O)n2-c2ccccc2)CCCC4)o1. The normalized spacial score (nSPS) is 13.8. The summed E-state index contributed by atoms with van der Waals surface area (Å²) in [5, 5.41) is 9.69. The summed E-state index contributed by atoms with van der Waals surface area (Å²) in [4.78, 5) is 20.7. The maximum atomic E-state index is 13.7. The molecule has 0 spiro atoms. The molecule has 0 fully saturated rings. The highest BCUT2D eigenvalue weighted by molar-refractivity contribution is 7.98. The van der Waals surface area contributed by atoms with Crippen LogP contribution < -0.4 is 5.56 Å². The van der Waals surface area contributed by atoms with Crippen molar-refractivity contribution >= 4 is 33.3 Å². The van der Waals surface area contributed by atoms with Crippen LogP contribution in [0, 0.1) is 0 Å². The van der Waals surface area contributed by atoms with Crippen LogP contribution in [0.5, 0.6) is 0 Å². The van der Waals surface area contributed by atoms with Crippen molar-refractivity contribution < 1.29 is 4.42 Å². The van der Waals surface area contributed by atoms with E-state index in [1.54, 1.807) is 15.9 Å². The Bertz CT molecular complexity index is 1260. The van der Waals surface area contributed by atoms with Gasteiger partial charge in [0.1, 0.15) is 4.83 Å². The quantitative estimate of drug-likeness (QED) is 0.318. The van der Waals surface area contributed by atoms with Gasteiger partial charge in [-0.3, -0.25) is 9.36 Å². The fourth-order valence-corrected chi connectivity index (χ4v) is 5.92. The smallest absolute Gasteiger partial charge is 0.267 e. The number of fused-ring (bicyclic) bond motifs is 3. The Morgan fingerprint density at radius 1 is 1.17 bits per heavy atom. The van der Waals surface area contributed by atoms with E-state index in [9.17, 15) is 4.79 Å². The number of hydrogen-bond donors (Lipinski definition) is 0. The minimum absolute atomic E-state index is 0.0153. The van der Waals surface area contributed by atoms with Gasteiger partial charge in [0.2, 0.25) is 11.8 Å². The molecule has 30 heavy (non-hydrogen) atoms. The largest absolute Gasteiger partial charge is 0.424 e. The van der Waals surface area contributed by atoms with Gasteiger partial charge in [0, 0.05) is 10.8 Å². The maximum Gasteiger partial charge on any atom is 0.267 e. The van der Waals surface area contributed by atoms with Crippen LogP contribution in [0.3, 0.4) is 0 Å². The van der Waals surface area contributed by atoms with E-state index in [1.807, 2.05) is 44.2 Å². The summed E-state index contributed by atoms with van der Waals surface area (Å²) in [7, 11) is 0. The molecule has 1 aliphatic rings. The first-order valence-corrected chi connectivity index (χ1v) is 12.0. The lowest BCUT2D eigenvalue weighted by Gasteiger charge is -2.13. The molecule has 0 unspecified atom stereocenters. The highest BCUT2D eigenvalue weighted by Crippen LogP contribution is 2.35. The monoisotopic (exact) mass is 438 g/mol. The van der Waals surface area contributed by atoms with Gasteiger partial charge in [0.15, 0.2) is 5.16 Å². The molecule has 8 heteroatoms. The molecule has 154 valence electrons. The van der Waals surface area contributed by atoms with Gasteiger partial charge >= 0.3 is 0 Å². The number of thiophene rings is 1. The third-order valence-corrected chi connectivity index (χ3v) is 7.38. The molecule has 4 aromatic rings. The average molecular weight is 439 g/mol. The van der Waals surface area contributed by atoms with Crippen molar-refractivity contribution in [2.45, 2.75) is 56.4 Å². The summed E-state index contributed by atoms with van der Waals surface area (Å²) in [6.45, 7) is 4.04. The van der Waals surface area contributed by atoms with Crippen LogP contribution in [-0.2, 0) is 18.6 Å². The van der Waals surface area contributed by atoms with Crippen molar-refractivity contribution in [2.24, 2.45) is 0 Å². The van der Waals surface area contributed by atoms with E-state index in [4.69, 9.17) is 9.40 Å². The summed E-state index contributed by atoms with van der Waals surface area (Å²) >= 11 is 3.13. The second-order valence-electron chi connectivity index (χ2n) is 7.74. The number of para-hydroxylation sites is 1. The van der Waals surface area contributed by atoms with Gasteiger partial charge in [-0.1, -0.05) is 43.8 Å². The van der Waals surface area contributed by atoms with Gasteiger partial charge in [-0.25, -0.2) is 4.98 Å². The molecule has 0 saturated carbocycles. The van der Waals surface area contributed by atoms with E-state index in [2.05, 4.69) is 10.2 Å². The Kier molecular flexibility index (Phi) is 5.20. The van der Waals surface area contributed by atoms with Crippen molar-refractivity contribution in [3.05, 3.63) is 62.9 Å². The third kappa shape index (κ3) is 3.48. The highest BCUT2D eigenvalue weighted by Gasteiger charge is 2.23.